The molecule has 0 amide bonds. The van der Waals surface area contributed by atoms with Gasteiger partial charge in [-0.3, -0.25) is 0 Å². The van der Waals surface area contributed by atoms with E-state index in [4.69, 9.17) is 4.43 Å². The molecule has 171 valence electrons. The highest BCUT2D eigenvalue weighted by Gasteiger charge is 2.27. The van der Waals surface area contributed by atoms with Crippen molar-refractivity contribution in [3.63, 3.8) is 0 Å². The molecule has 0 aliphatic rings. The van der Waals surface area contributed by atoms with Crippen LogP contribution in [0.25, 0.3) is 0 Å². The Bertz CT molecular complexity index is 1180. The minimum atomic E-state index is -3.84. The van der Waals surface area contributed by atoms with Gasteiger partial charge in [0.25, 0.3) is 10.0 Å². The van der Waals surface area contributed by atoms with Crippen LogP contribution in [-0.4, -0.2) is 26.5 Å². The van der Waals surface area contributed by atoms with Crippen LogP contribution in [-0.2, 0) is 26.5 Å². The number of aliphatic hydroxyl groups excluding tert-OH is 1. The number of hydrogen-bond donors (Lipinski definition) is 1. The Kier molecular flexibility index (Phi) is 7.14. The van der Waals surface area contributed by atoms with Crippen molar-refractivity contribution in [3.8, 4) is 0 Å². The third-order valence-electron chi connectivity index (χ3n) is 5.35. The van der Waals surface area contributed by atoms with Crippen molar-refractivity contribution in [1.29, 1.82) is 0 Å². The lowest BCUT2D eigenvalue weighted by molar-refractivity contribution is 0.209. The fourth-order valence-electron chi connectivity index (χ4n) is 3.55. The first-order valence-electron chi connectivity index (χ1n) is 10.6. The number of benzene rings is 2. The highest BCUT2D eigenvalue weighted by molar-refractivity contribution is 7.90. The Balaban J connectivity index is 2.11. The van der Waals surface area contributed by atoms with Gasteiger partial charge >= 0.3 is 0 Å². The van der Waals surface area contributed by atoms with Gasteiger partial charge in [-0.15, -0.1) is 0 Å². The first-order chi connectivity index (χ1) is 14.9. The van der Waals surface area contributed by atoms with Crippen LogP contribution in [0.3, 0.4) is 0 Å². The zero-order chi connectivity index (χ0) is 23.7. The summed E-state index contributed by atoms with van der Waals surface area (Å²) in [6, 6.07) is 16.0. The predicted octanol–water partition coefficient (Wildman–Crippen LogP) is 5.18. The lowest BCUT2D eigenvalue weighted by atomic mass is 9.84. The quantitative estimate of drug-likeness (QED) is 0.483. The molecule has 0 aliphatic carbocycles. The molecule has 1 aromatic heterocycles. The van der Waals surface area contributed by atoms with Gasteiger partial charge in [0, 0.05) is 6.20 Å². The number of aliphatic hydroxyl groups is 1. The molecule has 1 unspecified atom stereocenters. The van der Waals surface area contributed by atoms with Crippen LogP contribution in [0.2, 0.25) is 13.1 Å². The molecular weight excluding hydrogens is 438 g/mol. The van der Waals surface area contributed by atoms with Gasteiger partial charge in [-0.1, -0.05) is 57.2 Å². The van der Waals surface area contributed by atoms with E-state index in [1.54, 1.807) is 42.6 Å². The number of nitrogens with zero attached hydrogens (tertiary/aromatic N) is 1. The number of aryl methyl sites for hydroxylation is 1. The maximum absolute atomic E-state index is 13.3. The van der Waals surface area contributed by atoms with Crippen molar-refractivity contribution < 1.29 is 18.0 Å². The Labute approximate surface area is 193 Å². The molecule has 0 bridgehead atoms. The normalized spacial score (nSPS) is 13.5. The fraction of sp³-hybridized carbons (Fsp3) is 0.360. The van der Waals surface area contributed by atoms with Gasteiger partial charge in [-0.05, 0) is 65.9 Å². The topological polar surface area (TPSA) is 68.5 Å². The van der Waals surface area contributed by atoms with Gasteiger partial charge in [0.15, 0.2) is 0 Å². The molecule has 32 heavy (non-hydrogen) atoms. The highest BCUT2D eigenvalue weighted by Crippen LogP contribution is 2.33. The summed E-state index contributed by atoms with van der Waals surface area (Å²) >= 11 is 0. The average Bonchev–Trinajstić information content (AvgIpc) is 3.14. The monoisotopic (exact) mass is 470 g/mol. The number of hydrogen-bond acceptors (Lipinski definition) is 4. The van der Waals surface area contributed by atoms with Gasteiger partial charge in [-0.2, -0.15) is 0 Å². The fourth-order valence-corrected chi connectivity index (χ4v) is 5.46. The van der Waals surface area contributed by atoms with Gasteiger partial charge in [0.05, 0.1) is 17.2 Å². The third kappa shape index (κ3) is 5.23. The summed E-state index contributed by atoms with van der Waals surface area (Å²) in [6.07, 6.45) is 0.443. The van der Waals surface area contributed by atoms with E-state index in [1.165, 1.54) is 3.97 Å². The third-order valence-corrected chi connectivity index (χ3v) is 7.77. The Morgan fingerprint density at radius 1 is 1.06 bits per heavy atom. The van der Waals surface area contributed by atoms with E-state index in [1.807, 2.05) is 19.1 Å². The molecule has 3 aromatic rings. The number of aromatic nitrogens is 1. The van der Waals surface area contributed by atoms with E-state index in [2.05, 4.69) is 39.9 Å². The molecule has 2 aromatic carbocycles. The lowest BCUT2D eigenvalue weighted by Gasteiger charge is -2.24. The van der Waals surface area contributed by atoms with Crippen molar-refractivity contribution in [3.05, 3.63) is 88.7 Å². The van der Waals surface area contributed by atoms with E-state index in [9.17, 15) is 13.5 Å². The maximum Gasteiger partial charge on any atom is 0.267 e. The maximum atomic E-state index is 13.3. The van der Waals surface area contributed by atoms with Gasteiger partial charge < -0.3 is 9.53 Å². The van der Waals surface area contributed by atoms with Crippen molar-refractivity contribution in [2.75, 3.05) is 0 Å². The summed E-state index contributed by atoms with van der Waals surface area (Å²) in [7, 11) is -4.77. The van der Waals surface area contributed by atoms with Crippen LogP contribution in [0.1, 0.15) is 54.8 Å². The van der Waals surface area contributed by atoms with E-state index in [0.717, 1.165) is 16.7 Å². The zero-order valence-electron chi connectivity index (χ0n) is 19.6. The first kappa shape index (κ1) is 24.4. The Hall–Kier alpha value is -2.19. The summed E-state index contributed by atoms with van der Waals surface area (Å²) in [6.45, 7) is 12.7. The summed E-state index contributed by atoms with van der Waals surface area (Å²) in [5.41, 5.74) is 3.68. The zero-order valence-corrected chi connectivity index (χ0v) is 21.4. The highest BCUT2D eigenvalue weighted by atomic mass is 32.2. The van der Waals surface area contributed by atoms with Gasteiger partial charge in [-0.25, -0.2) is 12.4 Å². The molecule has 0 aliphatic heterocycles. The van der Waals surface area contributed by atoms with Crippen molar-refractivity contribution in [1.82, 2.24) is 3.97 Å². The van der Waals surface area contributed by atoms with Crippen LogP contribution >= 0.6 is 0 Å². The summed E-state index contributed by atoms with van der Waals surface area (Å²) < 4.78 is 33.8. The molecule has 1 heterocycles. The second-order valence-electron chi connectivity index (χ2n) is 9.32. The standard InChI is InChI=1S/C25H32NO4SSi/c1-18-14-23(26(16-18)31(28,29)21-10-8-7-9-11-21)24(27)22-13-12-20(25(2,3)4)15-19(22)17-30-32(5)6/h7-16,24,27H,17H2,1-6H3. The Morgan fingerprint density at radius 3 is 2.31 bits per heavy atom. The van der Waals surface area contributed by atoms with Crippen molar-refractivity contribution in [2.24, 2.45) is 0 Å². The van der Waals surface area contributed by atoms with Crippen LogP contribution < -0.4 is 0 Å². The second kappa shape index (κ2) is 9.35. The van der Waals surface area contributed by atoms with Crippen LogP contribution in [0.15, 0.2) is 65.7 Å². The van der Waals surface area contributed by atoms with Crippen LogP contribution in [0.5, 0.6) is 0 Å². The van der Waals surface area contributed by atoms with E-state index < -0.39 is 25.2 Å². The van der Waals surface area contributed by atoms with Crippen molar-refractivity contribution in [2.45, 2.75) is 63.8 Å². The summed E-state index contributed by atoms with van der Waals surface area (Å²) in [5.74, 6) is 0. The molecule has 1 radical (unpaired) electrons. The average molecular weight is 471 g/mol. The molecular formula is C25H32NO4SSi. The number of rotatable bonds is 7. The van der Waals surface area contributed by atoms with Crippen LogP contribution in [0.4, 0.5) is 0 Å². The van der Waals surface area contributed by atoms with Crippen molar-refractivity contribution >= 4 is 19.1 Å². The molecule has 7 heteroatoms. The van der Waals surface area contributed by atoms with E-state index >= 15 is 0 Å². The molecule has 0 saturated carbocycles. The minimum absolute atomic E-state index is 0.0576. The molecule has 3 rings (SSSR count). The first-order valence-corrected chi connectivity index (χ1v) is 14.5. The molecule has 1 atom stereocenters. The largest absolute Gasteiger partial charge is 0.413 e. The lowest BCUT2D eigenvalue weighted by Crippen LogP contribution is -2.19. The minimum Gasteiger partial charge on any atom is -0.413 e. The smallest absolute Gasteiger partial charge is 0.267 e. The van der Waals surface area contributed by atoms with E-state index in [-0.39, 0.29) is 10.3 Å². The predicted molar refractivity (Wildman–Crippen MR) is 130 cm³/mol. The second-order valence-corrected chi connectivity index (χ2v) is 13.2. The molecule has 0 saturated heterocycles. The van der Waals surface area contributed by atoms with Gasteiger partial charge in [0.2, 0.25) is 9.04 Å². The molecule has 0 spiro atoms. The Morgan fingerprint density at radius 2 is 1.72 bits per heavy atom. The summed E-state index contributed by atoms with van der Waals surface area (Å²) in [5, 5.41) is 11.4. The van der Waals surface area contributed by atoms with Gasteiger partial charge in [0.1, 0.15) is 6.10 Å². The molecule has 0 fully saturated rings. The summed E-state index contributed by atoms with van der Waals surface area (Å²) in [4.78, 5) is 0.180. The molecule has 1 N–H and O–H groups in total. The molecule has 5 nitrogen and oxygen atoms in total. The van der Waals surface area contributed by atoms with Crippen LogP contribution in [0, 0.1) is 6.92 Å². The van der Waals surface area contributed by atoms with E-state index in [0.29, 0.717) is 17.9 Å². The SMILES string of the molecule is Cc1cc(C(O)c2ccc(C(C)(C)C)cc2CO[Si](C)C)n(S(=O)(=O)c2ccccc2)c1.